The second-order valence-electron chi connectivity index (χ2n) is 4.35. The van der Waals surface area contributed by atoms with Gasteiger partial charge in [-0.05, 0) is 41.1 Å². The normalized spacial score (nSPS) is 10.0. The Morgan fingerprint density at radius 2 is 2.00 bits per heavy atom. The number of methoxy groups -OCH3 is 1. The van der Waals surface area contributed by atoms with Crippen LogP contribution in [0.15, 0.2) is 41.1 Å². The molecule has 0 aliphatic rings. The van der Waals surface area contributed by atoms with E-state index in [1.165, 1.54) is 19.5 Å². The summed E-state index contributed by atoms with van der Waals surface area (Å²) in [6, 6.07) is 6.74. The summed E-state index contributed by atoms with van der Waals surface area (Å²) in [6.45, 7) is 1.86. The van der Waals surface area contributed by atoms with Crippen LogP contribution in [0.1, 0.15) is 26.3 Å². The number of carbonyl (C=O) groups excluding carboxylic acids is 2. The molecule has 21 heavy (non-hydrogen) atoms. The van der Waals surface area contributed by atoms with Crippen LogP contribution in [0.5, 0.6) is 0 Å². The Bertz CT molecular complexity index is 701. The van der Waals surface area contributed by atoms with Gasteiger partial charge in [0.15, 0.2) is 0 Å². The molecule has 1 amide bonds. The molecule has 0 fully saturated rings. The van der Waals surface area contributed by atoms with Crippen LogP contribution in [-0.2, 0) is 4.74 Å². The summed E-state index contributed by atoms with van der Waals surface area (Å²) in [4.78, 5) is 27.9. The Labute approximate surface area is 130 Å². The molecular formula is C15H13BrN2O3. The number of amides is 1. The molecule has 1 aromatic carbocycles. The fourth-order valence-corrected chi connectivity index (χ4v) is 2.23. The first-order valence-corrected chi connectivity index (χ1v) is 6.92. The van der Waals surface area contributed by atoms with Crippen molar-refractivity contribution in [2.45, 2.75) is 6.92 Å². The molecule has 0 saturated carbocycles. The number of benzene rings is 1. The van der Waals surface area contributed by atoms with E-state index >= 15 is 0 Å². The number of halogens is 1. The predicted octanol–water partition coefficient (Wildman–Crippen LogP) is 3.19. The third kappa shape index (κ3) is 3.46. The lowest BCUT2D eigenvalue weighted by molar-refractivity contribution is 0.0602. The standard InChI is InChI=1S/C15H13BrN2O3/c1-9-3-4-13(11(7-9)15(20)21-2)18-14(19)10-5-6-17-8-12(10)16/h3-8H,1-2H3,(H,18,19). The second-order valence-corrected chi connectivity index (χ2v) is 5.20. The van der Waals surface area contributed by atoms with Gasteiger partial charge < -0.3 is 10.1 Å². The number of nitrogens with one attached hydrogen (secondary N) is 1. The van der Waals surface area contributed by atoms with Gasteiger partial charge >= 0.3 is 5.97 Å². The van der Waals surface area contributed by atoms with E-state index in [0.717, 1.165) is 5.56 Å². The molecule has 0 spiro atoms. The van der Waals surface area contributed by atoms with Crippen LogP contribution >= 0.6 is 15.9 Å². The zero-order valence-electron chi connectivity index (χ0n) is 11.5. The number of hydrogen-bond donors (Lipinski definition) is 1. The van der Waals surface area contributed by atoms with Crippen LogP contribution in [0.2, 0.25) is 0 Å². The maximum Gasteiger partial charge on any atom is 0.339 e. The highest BCUT2D eigenvalue weighted by Gasteiger charge is 2.16. The quantitative estimate of drug-likeness (QED) is 0.865. The van der Waals surface area contributed by atoms with Gasteiger partial charge in [0.25, 0.3) is 5.91 Å². The number of esters is 1. The lowest BCUT2D eigenvalue weighted by Crippen LogP contribution is -2.16. The van der Waals surface area contributed by atoms with Crippen molar-refractivity contribution >= 4 is 33.5 Å². The third-order valence-electron chi connectivity index (χ3n) is 2.85. The van der Waals surface area contributed by atoms with Gasteiger partial charge in [0.2, 0.25) is 0 Å². The van der Waals surface area contributed by atoms with Gasteiger partial charge in [-0.2, -0.15) is 0 Å². The first-order valence-electron chi connectivity index (χ1n) is 6.12. The van der Waals surface area contributed by atoms with Crippen LogP contribution < -0.4 is 5.32 Å². The molecule has 1 heterocycles. The number of pyridine rings is 1. The smallest absolute Gasteiger partial charge is 0.339 e. The van der Waals surface area contributed by atoms with Crippen molar-refractivity contribution < 1.29 is 14.3 Å². The summed E-state index contributed by atoms with van der Waals surface area (Å²) in [7, 11) is 1.30. The van der Waals surface area contributed by atoms with Crippen molar-refractivity contribution in [3.05, 3.63) is 57.8 Å². The van der Waals surface area contributed by atoms with E-state index in [4.69, 9.17) is 4.74 Å². The van der Waals surface area contributed by atoms with E-state index < -0.39 is 5.97 Å². The van der Waals surface area contributed by atoms with E-state index in [1.54, 1.807) is 18.2 Å². The lowest BCUT2D eigenvalue weighted by atomic mass is 10.1. The third-order valence-corrected chi connectivity index (χ3v) is 3.48. The zero-order valence-corrected chi connectivity index (χ0v) is 13.1. The highest BCUT2D eigenvalue weighted by Crippen LogP contribution is 2.21. The van der Waals surface area contributed by atoms with Crippen molar-refractivity contribution in [2.24, 2.45) is 0 Å². The van der Waals surface area contributed by atoms with Crippen LogP contribution in [0, 0.1) is 6.92 Å². The van der Waals surface area contributed by atoms with Gasteiger partial charge in [-0.15, -0.1) is 0 Å². The number of nitrogens with zero attached hydrogens (tertiary/aromatic N) is 1. The predicted molar refractivity (Wildman–Crippen MR) is 82.4 cm³/mol. The summed E-state index contributed by atoms with van der Waals surface area (Å²) >= 11 is 3.27. The fraction of sp³-hybridized carbons (Fsp3) is 0.133. The fourth-order valence-electron chi connectivity index (χ4n) is 1.79. The minimum atomic E-state index is -0.497. The molecule has 1 N–H and O–H groups in total. The van der Waals surface area contributed by atoms with Crippen LogP contribution in [-0.4, -0.2) is 24.0 Å². The van der Waals surface area contributed by atoms with E-state index in [0.29, 0.717) is 21.3 Å². The molecule has 5 nitrogen and oxygen atoms in total. The largest absolute Gasteiger partial charge is 0.465 e. The number of ether oxygens (including phenoxy) is 1. The number of rotatable bonds is 3. The molecule has 0 saturated heterocycles. The number of hydrogen-bond acceptors (Lipinski definition) is 4. The van der Waals surface area contributed by atoms with Gasteiger partial charge in [0.05, 0.1) is 23.9 Å². The Balaban J connectivity index is 2.34. The first kappa shape index (κ1) is 15.2. The minimum absolute atomic E-state index is 0.316. The van der Waals surface area contributed by atoms with Crippen molar-refractivity contribution in [1.29, 1.82) is 0 Å². The van der Waals surface area contributed by atoms with E-state index in [2.05, 4.69) is 26.2 Å². The van der Waals surface area contributed by atoms with Gasteiger partial charge in [0.1, 0.15) is 0 Å². The van der Waals surface area contributed by atoms with Crippen molar-refractivity contribution in [2.75, 3.05) is 12.4 Å². The van der Waals surface area contributed by atoms with E-state index in [9.17, 15) is 9.59 Å². The van der Waals surface area contributed by atoms with Gasteiger partial charge in [-0.3, -0.25) is 9.78 Å². The van der Waals surface area contributed by atoms with Gasteiger partial charge in [-0.25, -0.2) is 4.79 Å². The highest BCUT2D eigenvalue weighted by atomic mass is 79.9. The van der Waals surface area contributed by atoms with E-state index in [1.807, 2.05) is 13.0 Å². The molecule has 6 heteroatoms. The van der Waals surface area contributed by atoms with Crippen molar-refractivity contribution in [3.63, 3.8) is 0 Å². The summed E-state index contributed by atoms with van der Waals surface area (Å²) in [5.41, 5.74) is 2.05. The maximum absolute atomic E-state index is 12.3. The molecule has 0 aliphatic heterocycles. The van der Waals surface area contributed by atoms with E-state index in [-0.39, 0.29) is 5.91 Å². The second kappa shape index (κ2) is 6.49. The Hall–Kier alpha value is -2.21. The number of aryl methyl sites for hydroxylation is 1. The Morgan fingerprint density at radius 1 is 1.24 bits per heavy atom. The lowest BCUT2D eigenvalue weighted by Gasteiger charge is -2.11. The van der Waals surface area contributed by atoms with Crippen LogP contribution in [0.3, 0.4) is 0 Å². The molecular weight excluding hydrogens is 336 g/mol. The Morgan fingerprint density at radius 3 is 2.67 bits per heavy atom. The average Bonchev–Trinajstić information content (AvgIpc) is 2.48. The van der Waals surface area contributed by atoms with Crippen molar-refractivity contribution in [1.82, 2.24) is 4.98 Å². The molecule has 108 valence electrons. The molecule has 0 atom stereocenters. The molecule has 2 rings (SSSR count). The topological polar surface area (TPSA) is 68.3 Å². The molecule has 1 aromatic heterocycles. The highest BCUT2D eigenvalue weighted by molar-refractivity contribution is 9.10. The SMILES string of the molecule is COC(=O)c1cc(C)ccc1NC(=O)c1ccncc1Br. The molecule has 0 aliphatic carbocycles. The monoisotopic (exact) mass is 348 g/mol. The Kier molecular flexibility index (Phi) is 4.70. The minimum Gasteiger partial charge on any atom is -0.465 e. The number of anilines is 1. The molecule has 0 radical (unpaired) electrons. The molecule has 2 aromatic rings. The number of aromatic nitrogens is 1. The summed E-state index contributed by atoms with van der Waals surface area (Å²) < 4.78 is 5.31. The van der Waals surface area contributed by atoms with Gasteiger partial charge in [-0.1, -0.05) is 11.6 Å². The summed E-state index contributed by atoms with van der Waals surface area (Å²) in [6.07, 6.45) is 3.06. The van der Waals surface area contributed by atoms with Crippen molar-refractivity contribution in [3.8, 4) is 0 Å². The molecule has 0 bridgehead atoms. The first-order chi connectivity index (χ1) is 10.0. The van der Waals surface area contributed by atoms with Gasteiger partial charge in [0, 0.05) is 16.9 Å². The van der Waals surface area contributed by atoms with Crippen LogP contribution in [0.25, 0.3) is 0 Å². The zero-order chi connectivity index (χ0) is 15.4. The number of carbonyl (C=O) groups is 2. The van der Waals surface area contributed by atoms with Crippen LogP contribution in [0.4, 0.5) is 5.69 Å². The summed E-state index contributed by atoms with van der Waals surface area (Å²) in [5, 5.41) is 2.71. The average molecular weight is 349 g/mol. The molecule has 0 unspecified atom stereocenters. The summed E-state index contributed by atoms with van der Waals surface area (Å²) in [5.74, 6) is -0.832. The maximum atomic E-state index is 12.3.